The van der Waals surface area contributed by atoms with Crippen LogP contribution >= 0.6 is 23.1 Å². The first-order chi connectivity index (χ1) is 9.83. The molecule has 1 fully saturated rings. The Kier molecular flexibility index (Phi) is 4.38. The Morgan fingerprint density at radius 3 is 2.95 bits per heavy atom. The van der Waals surface area contributed by atoms with Crippen molar-refractivity contribution >= 4 is 29.0 Å². The largest absolute Gasteiger partial charge is 0.355 e. The fourth-order valence-corrected chi connectivity index (χ4v) is 4.33. The first kappa shape index (κ1) is 13.6. The van der Waals surface area contributed by atoms with Gasteiger partial charge in [-0.2, -0.15) is 0 Å². The second kappa shape index (κ2) is 6.41. The number of benzene rings is 1. The Balaban J connectivity index is 1.72. The molecule has 5 heteroatoms. The van der Waals surface area contributed by atoms with Crippen LogP contribution in [0.25, 0.3) is 11.3 Å². The van der Waals surface area contributed by atoms with E-state index in [2.05, 4.69) is 27.8 Å². The van der Waals surface area contributed by atoms with Crippen molar-refractivity contribution in [2.24, 2.45) is 0 Å². The molecule has 0 saturated carbocycles. The molecular weight excluding hydrogens is 288 g/mol. The molecule has 1 amide bonds. The van der Waals surface area contributed by atoms with Crippen molar-refractivity contribution in [1.29, 1.82) is 0 Å². The van der Waals surface area contributed by atoms with Gasteiger partial charge in [-0.15, -0.1) is 11.3 Å². The summed E-state index contributed by atoms with van der Waals surface area (Å²) in [4.78, 5) is 16.6. The number of amides is 1. The lowest BCUT2D eigenvalue weighted by molar-refractivity contribution is -0.120. The van der Waals surface area contributed by atoms with E-state index in [0.717, 1.165) is 41.4 Å². The molecule has 1 atom stereocenters. The monoisotopic (exact) mass is 304 g/mol. The lowest BCUT2D eigenvalue weighted by Gasteiger charge is -2.09. The minimum atomic E-state index is 0.00673. The highest BCUT2D eigenvalue weighted by molar-refractivity contribution is 8.02. The molecule has 0 spiro atoms. The van der Waals surface area contributed by atoms with Gasteiger partial charge >= 0.3 is 0 Å². The second-order valence-corrected chi connectivity index (χ2v) is 7.07. The maximum Gasteiger partial charge on any atom is 0.233 e. The number of nitrogens with zero attached hydrogens (tertiary/aromatic N) is 1. The van der Waals surface area contributed by atoms with E-state index in [1.54, 1.807) is 23.1 Å². The highest BCUT2D eigenvalue weighted by Crippen LogP contribution is 2.33. The van der Waals surface area contributed by atoms with Crippen LogP contribution in [0, 0.1) is 0 Å². The second-order valence-electron chi connectivity index (χ2n) is 4.76. The lowest BCUT2D eigenvalue weighted by atomic mass is 10.2. The van der Waals surface area contributed by atoms with Gasteiger partial charge in [0.25, 0.3) is 0 Å². The van der Waals surface area contributed by atoms with Crippen molar-refractivity contribution < 1.29 is 4.79 Å². The van der Waals surface area contributed by atoms with E-state index in [0.29, 0.717) is 0 Å². The molecule has 1 unspecified atom stereocenters. The zero-order valence-electron chi connectivity index (χ0n) is 11.0. The number of rotatable bonds is 3. The van der Waals surface area contributed by atoms with E-state index in [4.69, 9.17) is 0 Å². The van der Waals surface area contributed by atoms with Gasteiger partial charge in [0.2, 0.25) is 5.91 Å². The van der Waals surface area contributed by atoms with Gasteiger partial charge in [0.15, 0.2) is 4.34 Å². The van der Waals surface area contributed by atoms with E-state index in [1.807, 2.05) is 18.2 Å². The minimum Gasteiger partial charge on any atom is -0.355 e. The average Bonchev–Trinajstić information content (AvgIpc) is 2.86. The molecule has 1 aliphatic heterocycles. The predicted octanol–water partition coefficient (Wildman–Crippen LogP) is 3.57. The van der Waals surface area contributed by atoms with E-state index in [9.17, 15) is 4.79 Å². The molecular formula is C15H16N2OS2. The SMILES string of the molecule is O=C1NCCCCC1Sc1nc(-c2ccccc2)cs1. The molecule has 3 nitrogen and oxygen atoms in total. The molecule has 1 aliphatic rings. The van der Waals surface area contributed by atoms with Crippen LogP contribution in [-0.2, 0) is 4.79 Å². The van der Waals surface area contributed by atoms with Crippen molar-refractivity contribution in [2.75, 3.05) is 6.54 Å². The number of hydrogen-bond acceptors (Lipinski definition) is 4. The summed E-state index contributed by atoms with van der Waals surface area (Å²) in [6, 6.07) is 10.1. The molecule has 0 bridgehead atoms. The Labute approximate surface area is 126 Å². The average molecular weight is 304 g/mol. The first-order valence-corrected chi connectivity index (χ1v) is 8.54. The fraction of sp³-hybridized carbons (Fsp3) is 0.333. The van der Waals surface area contributed by atoms with Gasteiger partial charge in [-0.3, -0.25) is 4.79 Å². The van der Waals surface area contributed by atoms with Gasteiger partial charge in [-0.05, 0) is 12.8 Å². The summed E-state index contributed by atoms with van der Waals surface area (Å²) in [6.45, 7) is 0.809. The summed E-state index contributed by atoms with van der Waals surface area (Å²) >= 11 is 3.22. The Morgan fingerprint density at radius 2 is 2.10 bits per heavy atom. The molecule has 0 aliphatic carbocycles. The normalized spacial score (nSPS) is 19.4. The number of hydrogen-bond donors (Lipinski definition) is 1. The number of carbonyl (C=O) groups excluding carboxylic acids is 1. The minimum absolute atomic E-state index is 0.00673. The summed E-state index contributed by atoms with van der Waals surface area (Å²) < 4.78 is 0.978. The number of carbonyl (C=O) groups is 1. The molecule has 1 aromatic heterocycles. The van der Waals surface area contributed by atoms with Gasteiger partial charge < -0.3 is 5.32 Å². The lowest BCUT2D eigenvalue weighted by Crippen LogP contribution is -2.30. The summed E-state index contributed by atoms with van der Waals surface area (Å²) in [5.74, 6) is 0.156. The molecule has 1 saturated heterocycles. The Hall–Kier alpha value is -1.33. The standard InChI is InChI=1S/C15H16N2OS2/c18-14-13(8-4-5-9-16-14)20-15-17-12(10-19-15)11-6-2-1-3-7-11/h1-3,6-7,10,13H,4-5,8-9H2,(H,16,18). The van der Waals surface area contributed by atoms with Crippen molar-refractivity contribution in [1.82, 2.24) is 10.3 Å². The van der Waals surface area contributed by atoms with Crippen LogP contribution in [0.1, 0.15) is 19.3 Å². The number of thioether (sulfide) groups is 1. The number of aromatic nitrogens is 1. The van der Waals surface area contributed by atoms with Gasteiger partial charge in [0.1, 0.15) is 0 Å². The van der Waals surface area contributed by atoms with Crippen LogP contribution in [0.3, 0.4) is 0 Å². The number of thiazole rings is 1. The van der Waals surface area contributed by atoms with Crippen LogP contribution in [0.4, 0.5) is 0 Å². The summed E-state index contributed by atoms with van der Waals surface area (Å²) in [5.41, 5.74) is 2.12. The topological polar surface area (TPSA) is 42.0 Å². The molecule has 0 radical (unpaired) electrons. The molecule has 20 heavy (non-hydrogen) atoms. The van der Waals surface area contributed by atoms with Crippen LogP contribution in [0.15, 0.2) is 40.1 Å². The first-order valence-electron chi connectivity index (χ1n) is 6.78. The summed E-state index contributed by atoms with van der Waals surface area (Å²) in [7, 11) is 0. The van der Waals surface area contributed by atoms with Crippen molar-refractivity contribution in [3.63, 3.8) is 0 Å². The van der Waals surface area contributed by atoms with Gasteiger partial charge in [0.05, 0.1) is 10.9 Å². The van der Waals surface area contributed by atoms with E-state index in [-0.39, 0.29) is 11.2 Å². The molecule has 2 aromatic rings. The highest BCUT2D eigenvalue weighted by Gasteiger charge is 2.23. The fourth-order valence-electron chi connectivity index (χ4n) is 2.20. The van der Waals surface area contributed by atoms with Gasteiger partial charge in [-0.1, -0.05) is 48.5 Å². The third kappa shape index (κ3) is 3.22. The molecule has 1 aromatic carbocycles. The molecule has 3 rings (SSSR count). The van der Waals surface area contributed by atoms with Gasteiger partial charge in [-0.25, -0.2) is 4.98 Å². The number of nitrogens with one attached hydrogen (secondary N) is 1. The van der Waals surface area contributed by atoms with Crippen LogP contribution in [0.5, 0.6) is 0 Å². The molecule has 104 valence electrons. The molecule has 1 N–H and O–H groups in total. The third-order valence-corrected chi connectivity index (χ3v) is 5.52. The maximum atomic E-state index is 11.9. The van der Waals surface area contributed by atoms with E-state index < -0.39 is 0 Å². The smallest absolute Gasteiger partial charge is 0.233 e. The Morgan fingerprint density at radius 1 is 1.25 bits per heavy atom. The quantitative estimate of drug-likeness (QED) is 0.942. The molecule has 2 heterocycles. The highest BCUT2D eigenvalue weighted by atomic mass is 32.2. The summed E-state index contributed by atoms with van der Waals surface area (Å²) in [5, 5.41) is 5.04. The van der Waals surface area contributed by atoms with Crippen LogP contribution < -0.4 is 5.32 Å². The predicted molar refractivity (Wildman–Crippen MR) is 84.1 cm³/mol. The maximum absolute atomic E-state index is 11.9. The van der Waals surface area contributed by atoms with Crippen LogP contribution in [0.2, 0.25) is 0 Å². The van der Waals surface area contributed by atoms with Crippen molar-refractivity contribution in [3.8, 4) is 11.3 Å². The zero-order valence-corrected chi connectivity index (χ0v) is 12.7. The third-order valence-electron chi connectivity index (χ3n) is 3.28. The van der Waals surface area contributed by atoms with Crippen LogP contribution in [-0.4, -0.2) is 22.7 Å². The van der Waals surface area contributed by atoms with E-state index in [1.165, 1.54) is 0 Å². The van der Waals surface area contributed by atoms with E-state index >= 15 is 0 Å². The van der Waals surface area contributed by atoms with Crippen molar-refractivity contribution in [3.05, 3.63) is 35.7 Å². The van der Waals surface area contributed by atoms with Gasteiger partial charge in [0, 0.05) is 17.5 Å². The summed E-state index contributed by atoms with van der Waals surface area (Å²) in [6.07, 6.45) is 3.13. The Bertz CT molecular complexity index is 583. The van der Waals surface area contributed by atoms with Crippen molar-refractivity contribution in [2.45, 2.75) is 28.9 Å². The zero-order chi connectivity index (χ0) is 13.8.